The van der Waals surface area contributed by atoms with Crippen molar-refractivity contribution in [3.63, 3.8) is 0 Å². The van der Waals surface area contributed by atoms with E-state index in [0.29, 0.717) is 201 Å². The number of ether oxygens (including phenoxy) is 11. The fourth-order valence-electron chi connectivity index (χ4n) is 14.9. The topological polar surface area (TPSA) is 269 Å². The Bertz CT molecular complexity index is 2650. The number of hydrogen-bond acceptors (Lipinski definition) is 20. The smallest absolute Gasteiger partial charge is 0.322 e. The Morgan fingerprint density at radius 3 is 1.92 bits per heavy atom. The van der Waals surface area contributed by atoms with E-state index in [1.807, 2.05) is 50.3 Å². The third-order valence-electron chi connectivity index (χ3n) is 18.6. The van der Waals surface area contributed by atoms with E-state index in [2.05, 4.69) is 37.6 Å². The number of nitrogens with two attached hydrogens (primary N) is 1. The lowest BCUT2D eigenvalue weighted by Crippen LogP contribution is -2.80. The highest BCUT2D eigenvalue weighted by molar-refractivity contribution is 5.95. The highest BCUT2D eigenvalue weighted by Crippen LogP contribution is 2.66. The number of nitrogens with one attached hydrogen (secondary N) is 3. The predicted octanol–water partition coefficient (Wildman–Crippen LogP) is 2.45. The molecular weight excluding hydrogens is 1080 g/mol. The summed E-state index contributed by atoms with van der Waals surface area (Å²) in [6.45, 7) is 15.5. The first-order valence-electron chi connectivity index (χ1n) is 30.5. The van der Waals surface area contributed by atoms with Gasteiger partial charge in [0.1, 0.15) is 17.3 Å². The van der Waals surface area contributed by atoms with Gasteiger partial charge in [-0.1, -0.05) is 44.2 Å². The molecule has 468 valence electrons. The standard InChI is InChI=1S/C62H94N6O16/c1-5-58(72)40-44-41-61(57(71)75-4,52-46(12-18-67(42-44)43-58)45-10-7-8-11-49(45)65-52)48-38-47-50(39-51(48)74-3)66-53-60(47)14-19-68-17-9-13-59(6-2,54(60)68)55(69)62(53,73)56(70)64-16-21-77-23-25-79-27-29-81-31-33-83-35-37-84-36-34-82-32-30-80-28-26-78-24-22-76-20-15-63/h7-11,13,38-39,44,53-55,65-66,69,72-73H,5-6,12,14-37,40-43,63H2,1-4H3,(H,64,70)/t44?,53-,54+,55-,58+,59-,60?,61+,62?/m1/s1. The van der Waals surface area contributed by atoms with E-state index in [-0.39, 0.29) is 31.7 Å². The molecular formula is C62H94N6O16. The van der Waals surface area contributed by atoms with Crippen LogP contribution in [0.2, 0.25) is 0 Å². The van der Waals surface area contributed by atoms with Gasteiger partial charge in [0.25, 0.3) is 5.91 Å². The van der Waals surface area contributed by atoms with Crippen LogP contribution in [0.1, 0.15) is 68.3 Å². The second-order valence-corrected chi connectivity index (χ2v) is 23.3. The predicted molar refractivity (Wildman–Crippen MR) is 314 cm³/mol. The van der Waals surface area contributed by atoms with Gasteiger partial charge in [0, 0.05) is 90.1 Å². The molecule has 0 radical (unpaired) electrons. The molecule has 22 nitrogen and oxygen atoms in total. The number of aromatic nitrogens is 1. The molecule has 22 heteroatoms. The van der Waals surface area contributed by atoms with Crippen molar-refractivity contribution in [3.05, 3.63) is 70.9 Å². The molecule has 5 aliphatic heterocycles. The molecule has 1 amide bonds. The SMILES string of the molecule is CC[C@]1(O)CC2CN(CCc3c([nH]c4ccccc34)[C@@](C(=O)OC)(c3cc4c(cc3OC)N[C@H]3C(O)(C(=O)NCCOCCOCCOCCOCCOCCOCCOCCOCCOCCN)[C@H](O)[C@]5(CC)C=CCN6CCC43[C@@H]65)C2)C1. The molecule has 84 heavy (non-hydrogen) atoms. The number of piperidine rings is 1. The molecule has 1 spiro atoms. The van der Waals surface area contributed by atoms with E-state index in [9.17, 15) is 20.1 Å². The van der Waals surface area contributed by atoms with Crippen LogP contribution in [0.4, 0.5) is 5.69 Å². The van der Waals surface area contributed by atoms with Crippen LogP contribution in [0.3, 0.4) is 0 Å². The Morgan fingerprint density at radius 2 is 1.35 bits per heavy atom. The molecule has 6 heterocycles. The van der Waals surface area contributed by atoms with Crippen molar-refractivity contribution >= 4 is 28.5 Å². The van der Waals surface area contributed by atoms with Crippen LogP contribution in [-0.4, -0.2) is 250 Å². The summed E-state index contributed by atoms with van der Waals surface area (Å²) in [5.74, 6) is -0.833. The highest BCUT2D eigenvalue weighted by atomic mass is 16.6. The molecule has 10 atom stereocenters. The number of methoxy groups -OCH3 is 2. The van der Waals surface area contributed by atoms with E-state index < -0.39 is 51.5 Å². The number of hydrogen-bond donors (Lipinski definition) is 7. The second kappa shape index (κ2) is 29.6. The number of aliphatic hydroxyl groups excluding tert-OH is 1. The van der Waals surface area contributed by atoms with Gasteiger partial charge in [-0.2, -0.15) is 0 Å². The Labute approximate surface area is 494 Å². The van der Waals surface area contributed by atoms with Gasteiger partial charge in [0.2, 0.25) is 0 Å². The van der Waals surface area contributed by atoms with Crippen molar-refractivity contribution < 1.29 is 77.0 Å². The van der Waals surface area contributed by atoms with Gasteiger partial charge in [-0.25, -0.2) is 0 Å². The summed E-state index contributed by atoms with van der Waals surface area (Å²) in [6.07, 6.45) is 5.60. The number of aromatic amines is 1. The minimum Gasteiger partial charge on any atom is -0.496 e. The average Bonchev–Trinajstić information content (AvgIpc) is 1.51. The second-order valence-electron chi connectivity index (χ2n) is 23.3. The maximum atomic E-state index is 15.4. The monoisotopic (exact) mass is 1180 g/mol. The van der Waals surface area contributed by atoms with E-state index in [0.717, 1.165) is 27.7 Å². The number of amides is 1. The lowest BCUT2D eigenvalue weighted by molar-refractivity contribution is -0.200. The number of H-pyrrole nitrogens is 1. The van der Waals surface area contributed by atoms with Gasteiger partial charge < -0.3 is 88.8 Å². The van der Waals surface area contributed by atoms with E-state index in [1.54, 1.807) is 7.11 Å². The Kier molecular flexibility index (Phi) is 22.6. The van der Waals surface area contributed by atoms with Gasteiger partial charge in [0.05, 0.1) is 145 Å². The minimum absolute atomic E-state index is 0.0749. The first kappa shape index (κ1) is 64.1. The summed E-state index contributed by atoms with van der Waals surface area (Å²) in [7, 11) is 3.03. The number of nitrogens with zero attached hydrogens (tertiary/aromatic N) is 2. The van der Waals surface area contributed by atoms with Gasteiger partial charge in [-0.3, -0.25) is 19.4 Å². The largest absolute Gasteiger partial charge is 0.496 e. The number of rotatable bonds is 35. The maximum absolute atomic E-state index is 15.4. The van der Waals surface area contributed by atoms with Crippen LogP contribution in [0.25, 0.3) is 10.9 Å². The molecule has 1 aromatic heterocycles. The number of anilines is 1. The average molecular weight is 1180 g/mol. The summed E-state index contributed by atoms with van der Waals surface area (Å²) < 4.78 is 62.3. The van der Waals surface area contributed by atoms with Crippen molar-refractivity contribution in [2.24, 2.45) is 17.1 Å². The Hall–Kier alpha value is -4.34. The number of benzene rings is 2. The molecule has 6 aliphatic rings. The van der Waals surface area contributed by atoms with Gasteiger partial charge in [-0.05, 0) is 74.2 Å². The maximum Gasteiger partial charge on any atom is 0.322 e. The number of carbonyl (C=O) groups is 2. The van der Waals surface area contributed by atoms with Crippen LogP contribution in [0.15, 0.2) is 48.6 Å². The third-order valence-corrected chi connectivity index (χ3v) is 18.6. The lowest BCUT2D eigenvalue weighted by Gasteiger charge is -2.62. The molecule has 2 aromatic carbocycles. The number of carbonyl (C=O) groups excluding carboxylic acids is 2. The zero-order valence-corrected chi connectivity index (χ0v) is 50.0. The van der Waals surface area contributed by atoms with Crippen LogP contribution in [0, 0.1) is 11.3 Å². The fourth-order valence-corrected chi connectivity index (χ4v) is 14.9. The molecule has 3 fully saturated rings. The highest BCUT2D eigenvalue weighted by Gasteiger charge is 2.77. The van der Waals surface area contributed by atoms with Gasteiger partial charge in [-0.15, -0.1) is 0 Å². The summed E-state index contributed by atoms with van der Waals surface area (Å²) >= 11 is 0. The summed E-state index contributed by atoms with van der Waals surface area (Å²) in [6, 6.07) is 10.8. The molecule has 8 N–H and O–H groups in total. The Balaban J connectivity index is 0.796. The minimum atomic E-state index is -2.33. The molecule has 9 rings (SSSR count). The summed E-state index contributed by atoms with van der Waals surface area (Å²) in [4.78, 5) is 38.9. The van der Waals surface area contributed by atoms with Crippen LogP contribution in [0.5, 0.6) is 5.75 Å². The first-order valence-corrected chi connectivity index (χ1v) is 30.5. The zero-order valence-electron chi connectivity index (χ0n) is 50.0. The van der Waals surface area contributed by atoms with E-state index in [4.69, 9.17) is 57.8 Å². The number of esters is 1. The van der Waals surface area contributed by atoms with Gasteiger partial charge >= 0.3 is 5.97 Å². The quantitative estimate of drug-likeness (QED) is 0.0253. The normalized spacial score (nSPS) is 29.5. The summed E-state index contributed by atoms with van der Waals surface area (Å²) in [5.41, 5.74) is 3.46. The van der Waals surface area contributed by atoms with Crippen molar-refractivity contribution in [1.82, 2.24) is 20.1 Å². The van der Waals surface area contributed by atoms with E-state index >= 15 is 4.79 Å². The van der Waals surface area contributed by atoms with Crippen molar-refractivity contribution in [1.29, 1.82) is 0 Å². The van der Waals surface area contributed by atoms with Crippen molar-refractivity contribution in [2.75, 3.05) is 184 Å². The number of fused-ring (bicyclic) bond motifs is 6. The molecule has 2 bridgehead atoms. The Morgan fingerprint density at radius 1 is 0.750 bits per heavy atom. The third kappa shape index (κ3) is 13.1. The first-order chi connectivity index (χ1) is 40.9. The molecule has 2 saturated heterocycles. The fraction of sp³-hybridized carbons (Fsp3) is 0.710. The van der Waals surface area contributed by atoms with E-state index in [1.165, 1.54) is 7.11 Å². The van der Waals surface area contributed by atoms with Crippen LogP contribution < -0.4 is 21.1 Å². The lowest BCUT2D eigenvalue weighted by atomic mass is 9.47. The van der Waals surface area contributed by atoms with Crippen molar-refractivity contribution in [2.45, 2.75) is 92.6 Å². The van der Waals surface area contributed by atoms with Gasteiger partial charge in [0.15, 0.2) is 5.60 Å². The van der Waals surface area contributed by atoms with Crippen molar-refractivity contribution in [3.8, 4) is 5.75 Å². The van der Waals surface area contributed by atoms with Crippen LogP contribution >= 0.6 is 0 Å². The molecule has 4 unspecified atom stereocenters. The number of aliphatic hydroxyl groups is 3. The molecule has 3 aromatic rings. The van der Waals surface area contributed by atoms with Crippen LogP contribution in [-0.2, 0) is 74.2 Å². The number of para-hydroxylation sites is 1. The molecule has 1 aliphatic carbocycles. The summed E-state index contributed by atoms with van der Waals surface area (Å²) in [5, 5.41) is 45.9. The zero-order chi connectivity index (χ0) is 59.2. The molecule has 1 saturated carbocycles.